The number of hydrogen-bond acceptors (Lipinski definition) is 2. The Bertz CT molecular complexity index is 245. The standard InChI is InChI=1S/C10H15NO/c1-3-12-10-6-4-5-9(7-10)8(2)11/h4-8H,3,11H2,1-2H3. The summed E-state index contributed by atoms with van der Waals surface area (Å²) < 4.78 is 5.34. The molecule has 66 valence electrons. The predicted octanol–water partition coefficient (Wildman–Crippen LogP) is 2.10. The Labute approximate surface area is 73.3 Å². The average Bonchev–Trinajstić information content (AvgIpc) is 2.05. The summed E-state index contributed by atoms with van der Waals surface area (Å²) in [5.74, 6) is 0.896. The van der Waals surface area contributed by atoms with Gasteiger partial charge in [-0.3, -0.25) is 0 Å². The van der Waals surface area contributed by atoms with Gasteiger partial charge in [-0.05, 0) is 31.5 Å². The second-order valence-electron chi connectivity index (χ2n) is 2.79. The highest BCUT2D eigenvalue weighted by atomic mass is 16.5. The van der Waals surface area contributed by atoms with Gasteiger partial charge in [-0.2, -0.15) is 0 Å². The molecule has 0 saturated heterocycles. The van der Waals surface area contributed by atoms with Crippen LogP contribution in [-0.4, -0.2) is 6.61 Å². The molecule has 1 aromatic carbocycles. The smallest absolute Gasteiger partial charge is 0.119 e. The van der Waals surface area contributed by atoms with E-state index in [0.717, 1.165) is 11.3 Å². The second kappa shape index (κ2) is 4.12. The molecule has 2 nitrogen and oxygen atoms in total. The van der Waals surface area contributed by atoms with Crippen molar-refractivity contribution in [1.29, 1.82) is 0 Å². The summed E-state index contributed by atoms with van der Waals surface area (Å²) in [6, 6.07) is 7.96. The van der Waals surface area contributed by atoms with Gasteiger partial charge in [-0.1, -0.05) is 12.1 Å². The molecule has 0 aliphatic carbocycles. The van der Waals surface area contributed by atoms with Crippen LogP contribution in [0.4, 0.5) is 0 Å². The Morgan fingerprint density at radius 2 is 2.25 bits per heavy atom. The van der Waals surface area contributed by atoms with E-state index >= 15 is 0 Å². The van der Waals surface area contributed by atoms with Gasteiger partial charge in [0.2, 0.25) is 0 Å². The number of nitrogens with two attached hydrogens (primary N) is 1. The molecule has 0 aliphatic rings. The number of benzene rings is 1. The number of hydrogen-bond donors (Lipinski definition) is 1. The summed E-state index contributed by atoms with van der Waals surface area (Å²) in [7, 11) is 0. The van der Waals surface area contributed by atoms with Crippen LogP contribution in [0.2, 0.25) is 0 Å². The molecule has 0 saturated carbocycles. The Kier molecular flexibility index (Phi) is 3.11. The Morgan fingerprint density at radius 1 is 1.50 bits per heavy atom. The molecule has 0 amide bonds. The minimum atomic E-state index is 0.0745. The van der Waals surface area contributed by atoms with Gasteiger partial charge < -0.3 is 10.5 Å². The fourth-order valence-electron chi connectivity index (χ4n) is 1.05. The van der Waals surface area contributed by atoms with Crippen LogP contribution in [0.25, 0.3) is 0 Å². The summed E-state index contributed by atoms with van der Waals surface area (Å²) in [5.41, 5.74) is 6.84. The van der Waals surface area contributed by atoms with E-state index < -0.39 is 0 Å². The van der Waals surface area contributed by atoms with E-state index in [0.29, 0.717) is 6.61 Å². The van der Waals surface area contributed by atoms with E-state index in [1.54, 1.807) is 0 Å². The van der Waals surface area contributed by atoms with Crippen molar-refractivity contribution in [2.24, 2.45) is 5.73 Å². The third-order valence-corrected chi connectivity index (χ3v) is 1.69. The van der Waals surface area contributed by atoms with Gasteiger partial charge in [0.1, 0.15) is 5.75 Å². The first kappa shape index (κ1) is 9.07. The van der Waals surface area contributed by atoms with Gasteiger partial charge in [-0.25, -0.2) is 0 Å². The van der Waals surface area contributed by atoms with Gasteiger partial charge in [-0.15, -0.1) is 0 Å². The van der Waals surface area contributed by atoms with Crippen LogP contribution in [0.1, 0.15) is 25.5 Å². The summed E-state index contributed by atoms with van der Waals surface area (Å²) in [6.45, 7) is 4.63. The van der Waals surface area contributed by atoms with Crippen molar-refractivity contribution in [3.05, 3.63) is 29.8 Å². The van der Waals surface area contributed by atoms with Crippen LogP contribution in [-0.2, 0) is 0 Å². The van der Waals surface area contributed by atoms with Crippen molar-refractivity contribution < 1.29 is 4.74 Å². The fourth-order valence-corrected chi connectivity index (χ4v) is 1.05. The van der Waals surface area contributed by atoms with Crippen molar-refractivity contribution in [1.82, 2.24) is 0 Å². The maximum absolute atomic E-state index is 5.72. The van der Waals surface area contributed by atoms with Gasteiger partial charge in [0.15, 0.2) is 0 Å². The minimum absolute atomic E-state index is 0.0745. The van der Waals surface area contributed by atoms with Crippen molar-refractivity contribution in [2.75, 3.05) is 6.61 Å². The minimum Gasteiger partial charge on any atom is -0.494 e. The molecule has 0 heterocycles. The zero-order chi connectivity index (χ0) is 8.97. The van der Waals surface area contributed by atoms with Gasteiger partial charge in [0.25, 0.3) is 0 Å². The van der Waals surface area contributed by atoms with Gasteiger partial charge in [0.05, 0.1) is 6.61 Å². The van der Waals surface area contributed by atoms with Crippen LogP contribution in [0.15, 0.2) is 24.3 Å². The topological polar surface area (TPSA) is 35.2 Å². The Balaban J connectivity index is 2.81. The van der Waals surface area contributed by atoms with Crippen LogP contribution in [0.3, 0.4) is 0 Å². The highest BCUT2D eigenvalue weighted by molar-refractivity contribution is 5.29. The Hall–Kier alpha value is -1.02. The first-order chi connectivity index (χ1) is 5.74. The molecule has 0 aliphatic heterocycles. The molecule has 0 fully saturated rings. The lowest BCUT2D eigenvalue weighted by Crippen LogP contribution is -2.04. The zero-order valence-corrected chi connectivity index (χ0v) is 7.58. The highest BCUT2D eigenvalue weighted by Crippen LogP contribution is 2.17. The van der Waals surface area contributed by atoms with Gasteiger partial charge >= 0.3 is 0 Å². The first-order valence-corrected chi connectivity index (χ1v) is 4.22. The molecule has 0 spiro atoms. The maximum Gasteiger partial charge on any atom is 0.119 e. The first-order valence-electron chi connectivity index (χ1n) is 4.22. The lowest BCUT2D eigenvalue weighted by molar-refractivity contribution is 0.339. The van der Waals surface area contributed by atoms with E-state index in [4.69, 9.17) is 10.5 Å². The van der Waals surface area contributed by atoms with Crippen molar-refractivity contribution in [2.45, 2.75) is 19.9 Å². The molecular weight excluding hydrogens is 150 g/mol. The third kappa shape index (κ3) is 2.24. The summed E-state index contributed by atoms with van der Waals surface area (Å²) >= 11 is 0. The van der Waals surface area contributed by atoms with Gasteiger partial charge in [0, 0.05) is 6.04 Å². The molecular formula is C10H15NO. The molecule has 0 bridgehead atoms. The van der Waals surface area contributed by atoms with E-state index in [9.17, 15) is 0 Å². The molecule has 1 rings (SSSR count). The molecule has 0 aromatic heterocycles. The van der Waals surface area contributed by atoms with Crippen LogP contribution >= 0.6 is 0 Å². The molecule has 1 atom stereocenters. The lowest BCUT2D eigenvalue weighted by Gasteiger charge is -2.08. The molecule has 1 unspecified atom stereocenters. The van der Waals surface area contributed by atoms with Crippen LogP contribution in [0, 0.1) is 0 Å². The largest absolute Gasteiger partial charge is 0.494 e. The van der Waals surface area contributed by atoms with E-state index in [1.165, 1.54) is 0 Å². The van der Waals surface area contributed by atoms with Crippen molar-refractivity contribution in [3.63, 3.8) is 0 Å². The normalized spacial score (nSPS) is 12.6. The number of rotatable bonds is 3. The lowest BCUT2D eigenvalue weighted by atomic mass is 10.1. The summed E-state index contributed by atoms with van der Waals surface area (Å²) in [5, 5.41) is 0. The molecule has 1 aromatic rings. The summed E-state index contributed by atoms with van der Waals surface area (Å²) in [4.78, 5) is 0. The van der Waals surface area contributed by atoms with E-state index in [2.05, 4.69) is 0 Å². The average molecular weight is 165 g/mol. The van der Waals surface area contributed by atoms with Crippen molar-refractivity contribution >= 4 is 0 Å². The third-order valence-electron chi connectivity index (χ3n) is 1.69. The predicted molar refractivity (Wildman–Crippen MR) is 50.2 cm³/mol. The zero-order valence-electron chi connectivity index (χ0n) is 7.58. The maximum atomic E-state index is 5.72. The fraction of sp³-hybridized carbons (Fsp3) is 0.400. The van der Waals surface area contributed by atoms with Crippen LogP contribution < -0.4 is 10.5 Å². The Morgan fingerprint density at radius 3 is 2.83 bits per heavy atom. The van der Waals surface area contributed by atoms with Crippen LogP contribution in [0.5, 0.6) is 5.75 Å². The molecule has 2 N–H and O–H groups in total. The molecule has 12 heavy (non-hydrogen) atoms. The van der Waals surface area contributed by atoms with E-state index in [1.807, 2.05) is 38.1 Å². The second-order valence-corrected chi connectivity index (χ2v) is 2.79. The number of ether oxygens (including phenoxy) is 1. The molecule has 0 radical (unpaired) electrons. The van der Waals surface area contributed by atoms with E-state index in [-0.39, 0.29) is 6.04 Å². The van der Waals surface area contributed by atoms with Crippen molar-refractivity contribution in [3.8, 4) is 5.75 Å². The molecule has 2 heteroatoms. The monoisotopic (exact) mass is 165 g/mol. The highest BCUT2D eigenvalue weighted by Gasteiger charge is 1.99. The SMILES string of the molecule is CCOc1cccc(C(C)N)c1. The summed E-state index contributed by atoms with van der Waals surface area (Å²) in [6.07, 6.45) is 0. The quantitative estimate of drug-likeness (QED) is 0.744.